The molecule has 2 rings (SSSR count). The van der Waals surface area contributed by atoms with Crippen LogP contribution in [0, 0.1) is 26.7 Å². The zero-order valence-electron chi connectivity index (χ0n) is 13.8. The monoisotopic (exact) mass is 286 g/mol. The maximum Gasteiger partial charge on any atom is 0.0834 e. The first-order chi connectivity index (χ1) is 9.97. The molecule has 0 saturated heterocycles. The fraction of sp³-hybridized carbons (Fsp3) is 0.529. The molecule has 0 atom stereocenters. The standard InChI is InChI=1S/C17H26N4/c1-12(2)8-18-9-16-6-7-17(19-10-16)11-21-15(5)13(3)14(4)20-21/h6-7,10,12,18H,8-9,11H2,1-5H3. The summed E-state index contributed by atoms with van der Waals surface area (Å²) in [5, 5.41) is 7.99. The molecule has 0 radical (unpaired) electrons. The molecule has 0 bridgehead atoms. The van der Waals surface area contributed by atoms with Crippen molar-refractivity contribution in [1.29, 1.82) is 0 Å². The highest BCUT2D eigenvalue weighted by molar-refractivity contribution is 5.23. The van der Waals surface area contributed by atoms with Crippen molar-refractivity contribution >= 4 is 0 Å². The summed E-state index contributed by atoms with van der Waals surface area (Å²) in [4.78, 5) is 4.55. The first-order valence-electron chi connectivity index (χ1n) is 7.62. The van der Waals surface area contributed by atoms with E-state index in [2.05, 4.69) is 62.2 Å². The lowest BCUT2D eigenvalue weighted by Crippen LogP contribution is -2.19. The van der Waals surface area contributed by atoms with Crippen molar-refractivity contribution in [2.24, 2.45) is 5.92 Å². The van der Waals surface area contributed by atoms with Gasteiger partial charge in [0.05, 0.1) is 17.9 Å². The predicted molar refractivity (Wildman–Crippen MR) is 86.3 cm³/mol. The minimum Gasteiger partial charge on any atom is -0.312 e. The third-order valence-electron chi connectivity index (χ3n) is 3.82. The van der Waals surface area contributed by atoms with Gasteiger partial charge in [0.1, 0.15) is 0 Å². The van der Waals surface area contributed by atoms with E-state index in [1.807, 2.05) is 10.9 Å². The molecular formula is C17H26N4. The van der Waals surface area contributed by atoms with Gasteiger partial charge >= 0.3 is 0 Å². The number of hydrogen-bond donors (Lipinski definition) is 1. The Morgan fingerprint density at radius 2 is 1.95 bits per heavy atom. The van der Waals surface area contributed by atoms with E-state index in [1.165, 1.54) is 16.8 Å². The minimum absolute atomic E-state index is 0.673. The van der Waals surface area contributed by atoms with Crippen LogP contribution >= 0.6 is 0 Å². The van der Waals surface area contributed by atoms with Gasteiger partial charge in [-0.25, -0.2) is 0 Å². The molecule has 0 fully saturated rings. The van der Waals surface area contributed by atoms with Crippen molar-refractivity contribution in [1.82, 2.24) is 20.1 Å². The SMILES string of the molecule is Cc1nn(Cc2ccc(CNCC(C)C)cn2)c(C)c1C. The summed E-state index contributed by atoms with van der Waals surface area (Å²) >= 11 is 0. The van der Waals surface area contributed by atoms with Crippen molar-refractivity contribution in [2.45, 2.75) is 47.7 Å². The molecule has 2 aromatic rings. The third-order valence-corrected chi connectivity index (χ3v) is 3.82. The van der Waals surface area contributed by atoms with Gasteiger partial charge in [0.15, 0.2) is 0 Å². The Bertz CT molecular complexity index is 582. The average Bonchev–Trinajstić information content (AvgIpc) is 2.68. The largest absolute Gasteiger partial charge is 0.312 e. The zero-order valence-corrected chi connectivity index (χ0v) is 13.8. The van der Waals surface area contributed by atoms with Crippen LogP contribution in [0.4, 0.5) is 0 Å². The van der Waals surface area contributed by atoms with Crippen molar-refractivity contribution in [3.8, 4) is 0 Å². The van der Waals surface area contributed by atoms with Crippen LogP contribution in [-0.4, -0.2) is 21.3 Å². The van der Waals surface area contributed by atoms with E-state index in [9.17, 15) is 0 Å². The first-order valence-corrected chi connectivity index (χ1v) is 7.62. The van der Waals surface area contributed by atoms with Crippen LogP contribution in [0.2, 0.25) is 0 Å². The Kier molecular flexibility index (Phi) is 5.12. The van der Waals surface area contributed by atoms with Crippen LogP contribution in [0.25, 0.3) is 0 Å². The summed E-state index contributed by atoms with van der Waals surface area (Å²) in [5.41, 5.74) is 5.86. The van der Waals surface area contributed by atoms with Crippen molar-refractivity contribution in [3.05, 3.63) is 46.5 Å². The van der Waals surface area contributed by atoms with Gasteiger partial charge in [-0.2, -0.15) is 5.10 Å². The van der Waals surface area contributed by atoms with Gasteiger partial charge in [-0.3, -0.25) is 9.67 Å². The van der Waals surface area contributed by atoms with Crippen molar-refractivity contribution in [2.75, 3.05) is 6.54 Å². The molecule has 114 valence electrons. The molecule has 0 saturated carbocycles. The van der Waals surface area contributed by atoms with Crippen molar-refractivity contribution in [3.63, 3.8) is 0 Å². The van der Waals surface area contributed by atoms with Crippen LogP contribution in [-0.2, 0) is 13.1 Å². The third kappa shape index (κ3) is 4.14. The number of aryl methyl sites for hydroxylation is 1. The van der Waals surface area contributed by atoms with E-state index in [-0.39, 0.29) is 0 Å². The predicted octanol–water partition coefficient (Wildman–Crippen LogP) is 3.00. The maximum atomic E-state index is 4.56. The van der Waals surface area contributed by atoms with E-state index in [0.717, 1.165) is 31.0 Å². The number of hydrogen-bond acceptors (Lipinski definition) is 3. The Labute approximate surface area is 127 Å². The van der Waals surface area contributed by atoms with Gasteiger partial charge in [0, 0.05) is 18.4 Å². The van der Waals surface area contributed by atoms with Crippen molar-refractivity contribution < 1.29 is 0 Å². The Hall–Kier alpha value is -1.68. The molecule has 4 heteroatoms. The number of aromatic nitrogens is 3. The molecule has 0 aliphatic rings. The number of nitrogens with one attached hydrogen (secondary N) is 1. The van der Waals surface area contributed by atoms with Gasteiger partial charge < -0.3 is 5.32 Å². The lowest BCUT2D eigenvalue weighted by atomic mass is 10.2. The molecule has 4 nitrogen and oxygen atoms in total. The van der Waals surface area contributed by atoms with Crippen LogP contribution in [0.1, 0.15) is 42.1 Å². The summed E-state index contributed by atoms with van der Waals surface area (Å²) in [7, 11) is 0. The Balaban J connectivity index is 1.97. The maximum absolute atomic E-state index is 4.56. The zero-order chi connectivity index (χ0) is 15.4. The second-order valence-corrected chi connectivity index (χ2v) is 6.14. The quantitative estimate of drug-likeness (QED) is 0.887. The summed E-state index contributed by atoms with van der Waals surface area (Å²) in [6, 6.07) is 4.24. The van der Waals surface area contributed by atoms with E-state index in [0.29, 0.717) is 5.92 Å². The Morgan fingerprint density at radius 3 is 2.48 bits per heavy atom. The summed E-state index contributed by atoms with van der Waals surface area (Å²) < 4.78 is 2.03. The smallest absolute Gasteiger partial charge is 0.0834 e. The topological polar surface area (TPSA) is 42.7 Å². The molecule has 0 aliphatic heterocycles. The molecule has 0 spiro atoms. The van der Waals surface area contributed by atoms with E-state index in [1.54, 1.807) is 0 Å². The summed E-state index contributed by atoms with van der Waals surface area (Å²) in [6.45, 7) is 13.4. The molecule has 21 heavy (non-hydrogen) atoms. The van der Waals surface area contributed by atoms with E-state index >= 15 is 0 Å². The number of pyridine rings is 1. The van der Waals surface area contributed by atoms with E-state index in [4.69, 9.17) is 0 Å². The molecule has 0 aliphatic carbocycles. The van der Waals surface area contributed by atoms with Gasteiger partial charge in [0.25, 0.3) is 0 Å². The molecule has 1 N–H and O–H groups in total. The fourth-order valence-corrected chi connectivity index (χ4v) is 2.25. The van der Waals surface area contributed by atoms with Gasteiger partial charge in [-0.15, -0.1) is 0 Å². The fourth-order valence-electron chi connectivity index (χ4n) is 2.25. The second-order valence-electron chi connectivity index (χ2n) is 6.14. The van der Waals surface area contributed by atoms with Crippen LogP contribution in [0.5, 0.6) is 0 Å². The molecule has 2 aromatic heterocycles. The first kappa shape index (κ1) is 15.7. The lowest BCUT2D eigenvalue weighted by Gasteiger charge is -2.08. The van der Waals surface area contributed by atoms with Crippen LogP contribution in [0.3, 0.4) is 0 Å². The van der Waals surface area contributed by atoms with Crippen LogP contribution in [0.15, 0.2) is 18.3 Å². The number of nitrogens with zero attached hydrogens (tertiary/aromatic N) is 3. The summed E-state index contributed by atoms with van der Waals surface area (Å²) in [6.07, 6.45) is 1.96. The molecule has 0 aromatic carbocycles. The number of rotatable bonds is 6. The highest BCUT2D eigenvalue weighted by atomic mass is 15.3. The van der Waals surface area contributed by atoms with Crippen LogP contribution < -0.4 is 5.32 Å². The van der Waals surface area contributed by atoms with Gasteiger partial charge in [-0.1, -0.05) is 19.9 Å². The van der Waals surface area contributed by atoms with Gasteiger partial charge in [0.2, 0.25) is 0 Å². The molecule has 0 unspecified atom stereocenters. The van der Waals surface area contributed by atoms with Gasteiger partial charge in [-0.05, 0) is 50.4 Å². The Morgan fingerprint density at radius 1 is 1.19 bits per heavy atom. The highest BCUT2D eigenvalue weighted by Gasteiger charge is 2.08. The molecule has 2 heterocycles. The van der Waals surface area contributed by atoms with E-state index < -0.39 is 0 Å². The molecule has 0 amide bonds. The normalized spacial score (nSPS) is 11.3. The summed E-state index contributed by atoms with van der Waals surface area (Å²) in [5.74, 6) is 0.673. The lowest BCUT2D eigenvalue weighted by molar-refractivity contribution is 0.551. The molecular weight excluding hydrogens is 260 g/mol. The highest BCUT2D eigenvalue weighted by Crippen LogP contribution is 2.12. The average molecular weight is 286 g/mol. The minimum atomic E-state index is 0.673. The second kappa shape index (κ2) is 6.85.